The van der Waals surface area contributed by atoms with Gasteiger partial charge in [-0.3, -0.25) is 5.32 Å². The minimum absolute atomic E-state index is 0.0149. The molecule has 1 fully saturated rings. The Hall–Kier alpha value is -0.520. The molecule has 1 aliphatic rings. The van der Waals surface area contributed by atoms with Crippen LogP contribution >= 0.6 is 0 Å². The third-order valence-electron chi connectivity index (χ3n) is 1.77. The van der Waals surface area contributed by atoms with Crippen LogP contribution in [0.15, 0.2) is 0 Å². The molecule has 0 spiro atoms. The van der Waals surface area contributed by atoms with E-state index in [2.05, 4.69) is 37.9 Å². The zero-order chi connectivity index (χ0) is 9.24. The highest BCUT2D eigenvalue weighted by Crippen LogP contribution is 2.36. The summed E-state index contributed by atoms with van der Waals surface area (Å²) in [6, 6.07) is 0. The van der Waals surface area contributed by atoms with Gasteiger partial charge in [-0.15, -0.1) is 0 Å². The Morgan fingerprint density at radius 1 is 1.42 bits per heavy atom. The first-order chi connectivity index (χ1) is 5.47. The quantitative estimate of drug-likeness (QED) is 0.569. The first-order valence-electron chi connectivity index (χ1n) is 4.38. The molecular weight excluding hydrogens is 150 g/mol. The Kier molecular flexibility index (Phi) is 2.46. The van der Waals surface area contributed by atoms with Crippen molar-refractivity contribution < 1.29 is 5.11 Å². The van der Waals surface area contributed by atoms with Gasteiger partial charge in [0.2, 0.25) is 0 Å². The normalized spacial score (nSPS) is 19.7. The van der Waals surface area contributed by atoms with E-state index >= 15 is 0 Å². The SMILES string of the molecule is CC(C)(C)NC1(C#CCO)CC1. The molecule has 0 heterocycles. The molecule has 1 saturated carbocycles. The lowest BCUT2D eigenvalue weighted by atomic mass is 10.1. The molecule has 1 rings (SSSR count). The summed E-state index contributed by atoms with van der Waals surface area (Å²) in [6.45, 7) is 6.36. The molecule has 0 unspecified atom stereocenters. The summed E-state index contributed by atoms with van der Waals surface area (Å²) in [5.74, 6) is 5.78. The molecule has 0 saturated heterocycles. The van der Waals surface area contributed by atoms with Gasteiger partial charge in [-0.1, -0.05) is 11.8 Å². The topological polar surface area (TPSA) is 32.3 Å². The number of hydrogen-bond acceptors (Lipinski definition) is 2. The van der Waals surface area contributed by atoms with E-state index in [9.17, 15) is 0 Å². The number of aliphatic hydroxyl groups excluding tert-OH is 1. The van der Waals surface area contributed by atoms with Crippen LogP contribution in [0.3, 0.4) is 0 Å². The smallest absolute Gasteiger partial charge is 0.104 e. The van der Waals surface area contributed by atoms with Gasteiger partial charge in [-0.25, -0.2) is 0 Å². The van der Waals surface area contributed by atoms with Crippen molar-refractivity contribution in [3.8, 4) is 11.8 Å². The van der Waals surface area contributed by atoms with E-state index in [1.807, 2.05) is 0 Å². The van der Waals surface area contributed by atoms with Crippen molar-refractivity contribution in [1.29, 1.82) is 0 Å². The van der Waals surface area contributed by atoms with Crippen LogP contribution in [0.5, 0.6) is 0 Å². The molecule has 0 amide bonds. The Morgan fingerprint density at radius 2 is 2.00 bits per heavy atom. The maximum atomic E-state index is 8.55. The Bertz CT molecular complexity index is 212. The summed E-state index contributed by atoms with van der Waals surface area (Å²) in [7, 11) is 0. The lowest BCUT2D eigenvalue weighted by Gasteiger charge is -2.25. The number of nitrogens with one attached hydrogen (secondary N) is 1. The van der Waals surface area contributed by atoms with Gasteiger partial charge in [0.05, 0.1) is 5.54 Å². The lowest BCUT2D eigenvalue weighted by Crippen LogP contribution is -2.44. The van der Waals surface area contributed by atoms with Gasteiger partial charge in [0.15, 0.2) is 0 Å². The molecule has 0 aromatic carbocycles. The maximum absolute atomic E-state index is 8.55. The lowest BCUT2D eigenvalue weighted by molar-refractivity contribution is 0.349. The molecule has 1 aliphatic carbocycles. The van der Waals surface area contributed by atoms with Crippen molar-refractivity contribution in [2.75, 3.05) is 6.61 Å². The second-order valence-electron chi connectivity index (χ2n) is 4.42. The summed E-state index contributed by atoms with van der Waals surface area (Å²) in [5.41, 5.74) is 0.127. The predicted molar refractivity (Wildman–Crippen MR) is 49.7 cm³/mol. The molecule has 2 nitrogen and oxygen atoms in total. The zero-order valence-corrected chi connectivity index (χ0v) is 8.07. The molecule has 0 aromatic rings. The van der Waals surface area contributed by atoms with Gasteiger partial charge in [0.25, 0.3) is 0 Å². The van der Waals surface area contributed by atoms with E-state index in [1.165, 1.54) is 0 Å². The van der Waals surface area contributed by atoms with Crippen LogP contribution in [0.4, 0.5) is 0 Å². The third-order valence-corrected chi connectivity index (χ3v) is 1.77. The maximum Gasteiger partial charge on any atom is 0.104 e. The van der Waals surface area contributed by atoms with Crippen molar-refractivity contribution >= 4 is 0 Å². The summed E-state index contributed by atoms with van der Waals surface area (Å²) in [5, 5.41) is 12.0. The molecular formula is C10H17NO. The van der Waals surface area contributed by atoms with Crippen molar-refractivity contribution in [3.05, 3.63) is 0 Å². The number of aliphatic hydroxyl groups is 1. The van der Waals surface area contributed by atoms with Crippen LogP contribution in [0.25, 0.3) is 0 Å². The van der Waals surface area contributed by atoms with Gasteiger partial charge >= 0.3 is 0 Å². The molecule has 0 aliphatic heterocycles. The van der Waals surface area contributed by atoms with E-state index in [4.69, 9.17) is 5.11 Å². The molecule has 2 N–H and O–H groups in total. The fraction of sp³-hybridized carbons (Fsp3) is 0.800. The van der Waals surface area contributed by atoms with Gasteiger partial charge in [0.1, 0.15) is 6.61 Å². The summed E-state index contributed by atoms with van der Waals surface area (Å²) in [6.07, 6.45) is 2.22. The van der Waals surface area contributed by atoms with Crippen LogP contribution in [0.2, 0.25) is 0 Å². The molecule has 0 bridgehead atoms. The molecule has 2 heteroatoms. The van der Waals surface area contributed by atoms with E-state index in [-0.39, 0.29) is 17.7 Å². The zero-order valence-electron chi connectivity index (χ0n) is 8.07. The highest BCUT2D eigenvalue weighted by atomic mass is 16.2. The Labute approximate surface area is 74.4 Å². The summed E-state index contributed by atoms with van der Waals surface area (Å²) < 4.78 is 0. The van der Waals surface area contributed by atoms with Crippen molar-refractivity contribution in [1.82, 2.24) is 5.32 Å². The minimum Gasteiger partial charge on any atom is -0.384 e. The average Bonchev–Trinajstić information content (AvgIpc) is 2.62. The second-order valence-corrected chi connectivity index (χ2v) is 4.42. The van der Waals surface area contributed by atoms with Crippen molar-refractivity contribution in [2.24, 2.45) is 0 Å². The second kappa shape index (κ2) is 3.08. The highest BCUT2D eigenvalue weighted by molar-refractivity contribution is 5.27. The summed E-state index contributed by atoms with van der Waals surface area (Å²) in [4.78, 5) is 0. The fourth-order valence-corrected chi connectivity index (χ4v) is 1.33. The van der Waals surface area contributed by atoms with Crippen LogP contribution < -0.4 is 5.32 Å². The van der Waals surface area contributed by atoms with Crippen molar-refractivity contribution in [3.63, 3.8) is 0 Å². The predicted octanol–water partition coefficient (Wildman–Crippen LogP) is 0.903. The van der Waals surface area contributed by atoms with E-state index in [0.29, 0.717) is 0 Å². The minimum atomic E-state index is -0.0342. The Balaban J connectivity index is 2.51. The molecule has 0 radical (unpaired) electrons. The molecule has 0 aromatic heterocycles. The van der Waals surface area contributed by atoms with Crippen LogP contribution in [0.1, 0.15) is 33.6 Å². The van der Waals surface area contributed by atoms with E-state index < -0.39 is 0 Å². The van der Waals surface area contributed by atoms with Gasteiger partial charge in [-0.2, -0.15) is 0 Å². The van der Waals surface area contributed by atoms with Crippen LogP contribution in [0, 0.1) is 11.8 Å². The van der Waals surface area contributed by atoms with Crippen LogP contribution in [-0.2, 0) is 0 Å². The highest BCUT2D eigenvalue weighted by Gasteiger charge is 2.43. The van der Waals surface area contributed by atoms with Crippen molar-refractivity contribution in [2.45, 2.75) is 44.7 Å². The molecule has 0 atom stereocenters. The van der Waals surface area contributed by atoms with Crippen LogP contribution in [-0.4, -0.2) is 22.8 Å². The molecule has 68 valence electrons. The Morgan fingerprint density at radius 3 is 2.33 bits per heavy atom. The fourth-order valence-electron chi connectivity index (χ4n) is 1.33. The first-order valence-corrected chi connectivity index (χ1v) is 4.38. The first kappa shape index (κ1) is 9.57. The van der Waals surface area contributed by atoms with E-state index in [0.717, 1.165) is 12.8 Å². The van der Waals surface area contributed by atoms with Gasteiger partial charge < -0.3 is 5.11 Å². The number of rotatable bonds is 1. The van der Waals surface area contributed by atoms with Gasteiger partial charge in [-0.05, 0) is 33.6 Å². The molecule has 12 heavy (non-hydrogen) atoms. The van der Waals surface area contributed by atoms with E-state index in [1.54, 1.807) is 0 Å². The average molecular weight is 167 g/mol. The van der Waals surface area contributed by atoms with Gasteiger partial charge in [0, 0.05) is 5.54 Å². The standard InChI is InChI=1S/C10H17NO/c1-9(2,3)11-10(6-7-10)5-4-8-12/h11-12H,6-8H2,1-3H3. The summed E-state index contributed by atoms with van der Waals surface area (Å²) >= 11 is 0. The third kappa shape index (κ3) is 2.84. The number of hydrogen-bond donors (Lipinski definition) is 2. The monoisotopic (exact) mass is 167 g/mol. The largest absolute Gasteiger partial charge is 0.384 e.